The standard InChI is InChI=1S/C12H13BrClN3/c1-12(2,15)10-6-16-7-17(10)9-5-3-4-8(14)11(9)13/h3-7H,15H2,1-2H3. The van der Waals surface area contributed by atoms with Gasteiger partial charge in [-0.15, -0.1) is 0 Å². The van der Waals surface area contributed by atoms with Crippen molar-refractivity contribution in [2.75, 3.05) is 0 Å². The number of rotatable bonds is 2. The van der Waals surface area contributed by atoms with E-state index < -0.39 is 5.54 Å². The average molecular weight is 315 g/mol. The molecule has 0 spiro atoms. The Balaban J connectivity index is 2.62. The van der Waals surface area contributed by atoms with Crippen LogP contribution in [0, 0.1) is 0 Å². The summed E-state index contributed by atoms with van der Waals surface area (Å²) in [5.74, 6) is 0. The second-order valence-electron chi connectivity index (χ2n) is 4.44. The number of hydrogen-bond acceptors (Lipinski definition) is 2. The number of hydrogen-bond donors (Lipinski definition) is 1. The van der Waals surface area contributed by atoms with Crippen molar-refractivity contribution in [3.63, 3.8) is 0 Å². The highest BCUT2D eigenvalue weighted by Crippen LogP contribution is 2.31. The first-order valence-corrected chi connectivity index (χ1v) is 6.34. The van der Waals surface area contributed by atoms with Crippen LogP contribution in [0.4, 0.5) is 0 Å². The van der Waals surface area contributed by atoms with Crippen molar-refractivity contribution in [2.45, 2.75) is 19.4 Å². The van der Waals surface area contributed by atoms with Crippen molar-refractivity contribution in [3.8, 4) is 5.69 Å². The second kappa shape index (κ2) is 4.44. The van der Waals surface area contributed by atoms with Gasteiger partial charge in [-0.3, -0.25) is 0 Å². The Labute approximate surface area is 114 Å². The fourth-order valence-electron chi connectivity index (χ4n) is 1.64. The van der Waals surface area contributed by atoms with Crippen LogP contribution in [0.15, 0.2) is 35.2 Å². The van der Waals surface area contributed by atoms with E-state index in [0.717, 1.165) is 15.9 Å². The Morgan fingerprint density at radius 3 is 2.76 bits per heavy atom. The summed E-state index contributed by atoms with van der Waals surface area (Å²) in [5.41, 5.74) is 7.52. The molecule has 1 aromatic heterocycles. The molecule has 2 N–H and O–H groups in total. The molecule has 0 fully saturated rings. The third-order valence-electron chi connectivity index (χ3n) is 2.49. The molecule has 1 heterocycles. The van der Waals surface area contributed by atoms with Crippen molar-refractivity contribution in [1.82, 2.24) is 9.55 Å². The molecule has 0 aliphatic rings. The van der Waals surface area contributed by atoms with Crippen LogP contribution in [0.1, 0.15) is 19.5 Å². The van der Waals surface area contributed by atoms with E-state index in [0.29, 0.717) is 5.02 Å². The summed E-state index contributed by atoms with van der Waals surface area (Å²) in [6, 6.07) is 5.70. The van der Waals surface area contributed by atoms with E-state index in [-0.39, 0.29) is 0 Å². The van der Waals surface area contributed by atoms with Gasteiger partial charge in [0.25, 0.3) is 0 Å². The highest BCUT2D eigenvalue weighted by Gasteiger charge is 2.20. The maximum absolute atomic E-state index is 6.12. The van der Waals surface area contributed by atoms with Crippen molar-refractivity contribution in [3.05, 3.63) is 45.9 Å². The van der Waals surface area contributed by atoms with Gasteiger partial charge in [0.1, 0.15) is 0 Å². The molecular formula is C12H13BrClN3. The Morgan fingerprint density at radius 1 is 1.41 bits per heavy atom. The predicted molar refractivity (Wildman–Crippen MR) is 73.5 cm³/mol. The lowest BCUT2D eigenvalue weighted by Gasteiger charge is -2.21. The van der Waals surface area contributed by atoms with Gasteiger partial charge in [0.15, 0.2) is 0 Å². The highest BCUT2D eigenvalue weighted by molar-refractivity contribution is 9.10. The number of aromatic nitrogens is 2. The molecule has 5 heteroatoms. The Kier molecular flexibility index (Phi) is 3.30. The van der Waals surface area contributed by atoms with Crippen LogP contribution in [0.25, 0.3) is 5.69 Å². The van der Waals surface area contributed by atoms with Crippen LogP contribution in [-0.2, 0) is 5.54 Å². The molecule has 3 nitrogen and oxygen atoms in total. The van der Waals surface area contributed by atoms with Crippen LogP contribution in [0.3, 0.4) is 0 Å². The third-order valence-corrected chi connectivity index (χ3v) is 3.87. The summed E-state index contributed by atoms with van der Waals surface area (Å²) in [6.07, 6.45) is 3.51. The maximum Gasteiger partial charge on any atom is 0.0995 e. The molecule has 0 atom stereocenters. The van der Waals surface area contributed by atoms with Gasteiger partial charge in [-0.05, 0) is 41.9 Å². The quantitative estimate of drug-likeness (QED) is 0.922. The SMILES string of the molecule is CC(C)(N)c1cncn1-c1cccc(Cl)c1Br. The summed E-state index contributed by atoms with van der Waals surface area (Å²) >= 11 is 9.57. The van der Waals surface area contributed by atoms with E-state index in [9.17, 15) is 0 Å². The fourth-order valence-corrected chi connectivity index (χ4v) is 2.27. The summed E-state index contributed by atoms with van der Waals surface area (Å²) in [4.78, 5) is 4.15. The monoisotopic (exact) mass is 313 g/mol. The minimum atomic E-state index is -0.460. The van der Waals surface area contributed by atoms with E-state index >= 15 is 0 Å². The second-order valence-corrected chi connectivity index (χ2v) is 5.64. The van der Waals surface area contributed by atoms with E-state index in [2.05, 4.69) is 20.9 Å². The molecule has 0 aliphatic carbocycles. The van der Waals surface area contributed by atoms with Crippen molar-refractivity contribution >= 4 is 27.5 Å². The Bertz CT molecular complexity index is 543. The maximum atomic E-state index is 6.12. The molecule has 1 aromatic carbocycles. The molecule has 0 aliphatic heterocycles. The van der Waals surface area contributed by atoms with Crippen LogP contribution in [0.5, 0.6) is 0 Å². The third kappa shape index (κ3) is 2.39. The van der Waals surface area contributed by atoms with E-state index in [1.165, 1.54) is 0 Å². The zero-order valence-corrected chi connectivity index (χ0v) is 12.0. The van der Waals surface area contributed by atoms with Crippen molar-refractivity contribution in [1.29, 1.82) is 0 Å². The lowest BCUT2D eigenvalue weighted by Crippen LogP contribution is -2.31. The zero-order valence-electron chi connectivity index (χ0n) is 9.61. The molecule has 0 bridgehead atoms. The van der Waals surface area contributed by atoms with Gasteiger partial charge in [-0.1, -0.05) is 17.7 Å². The normalized spacial score (nSPS) is 11.8. The molecular weight excluding hydrogens is 302 g/mol. The molecule has 17 heavy (non-hydrogen) atoms. The van der Waals surface area contributed by atoms with E-state index in [1.54, 1.807) is 12.5 Å². The molecule has 0 unspecified atom stereocenters. The first-order chi connectivity index (χ1) is 7.91. The molecule has 2 rings (SSSR count). The van der Waals surface area contributed by atoms with Gasteiger partial charge >= 0.3 is 0 Å². The van der Waals surface area contributed by atoms with Gasteiger partial charge in [0.05, 0.1) is 38.9 Å². The molecule has 0 saturated carbocycles. The molecule has 2 aromatic rings. The molecule has 0 radical (unpaired) electrons. The summed E-state index contributed by atoms with van der Waals surface area (Å²) in [7, 11) is 0. The molecule has 0 amide bonds. The minimum absolute atomic E-state index is 0.460. The van der Waals surface area contributed by atoms with Gasteiger partial charge in [-0.2, -0.15) is 0 Å². The molecule has 0 saturated heterocycles. The van der Waals surface area contributed by atoms with E-state index in [4.69, 9.17) is 17.3 Å². The summed E-state index contributed by atoms with van der Waals surface area (Å²) in [6.45, 7) is 3.89. The smallest absolute Gasteiger partial charge is 0.0995 e. The molecule has 90 valence electrons. The topological polar surface area (TPSA) is 43.8 Å². The average Bonchev–Trinajstić information content (AvgIpc) is 2.70. The lowest BCUT2D eigenvalue weighted by molar-refractivity contribution is 0.524. The van der Waals surface area contributed by atoms with E-state index in [1.807, 2.05) is 36.6 Å². The van der Waals surface area contributed by atoms with Gasteiger partial charge in [0.2, 0.25) is 0 Å². The number of halogens is 2. The fraction of sp³-hybridized carbons (Fsp3) is 0.250. The van der Waals surface area contributed by atoms with Gasteiger partial charge < -0.3 is 10.3 Å². The predicted octanol–water partition coefficient (Wildman–Crippen LogP) is 3.48. The first kappa shape index (κ1) is 12.6. The number of nitrogens with two attached hydrogens (primary N) is 1. The summed E-state index contributed by atoms with van der Waals surface area (Å²) in [5, 5.41) is 0.664. The van der Waals surface area contributed by atoms with Crippen LogP contribution in [-0.4, -0.2) is 9.55 Å². The van der Waals surface area contributed by atoms with Crippen molar-refractivity contribution < 1.29 is 0 Å². The first-order valence-electron chi connectivity index (χ1n) is 5.17. The van der Waals surface area contributed by atoms with Crippen LogP contribution in [0.2, 0.25) is 5.02 Å². The minimum Gasteiger partial charge on any atom is -0.321 e. The van der Waals surface area contributed by atoms with Gasteiger partial charge in [-0.25, -0.2) is 4.98 Å². The lowest BCUT2D eigenvalue weighted by atomic mass is 10.0. The largest absolute Gasteiger partial charge is 0.321 e. The van der Waals surface area contributed by atoms with Crippen LogP contribution < -0.4 is 5.73 Å². The Hall–Kier alpha value is -0.840. The van der Waals surface area contributed by atoms with Gasteiger partial charge in [0, 0.05) is 0 Å². The number of imidazole rings is 1. The highest BCUT2D eigenvalue weighted by atomic mass is 79.9. The van der Waals surface area contributed by atoms with Crippen molar-refractivity contribution in [2.24, 2.45) is 5.73 Å². The van der Waals surface area contributed by atoms with Crippen LogP contribution >= 0.6 is 27.5 Å². The number of nitrogens with zero attached hydrogens (tertiary/aromatic N) is 2. The zero-order chi connectivity index (χ0) is 12.6. The Morgan fingerprint density at radius 2 is 2.12 bits per heavy atom. The number of benzene rings is 1. The summed E-state index contributed by atoms with van der Waals surface area (Å²) < 4.78 is 2.78.